The Balaban J connectivity index is 0.851. The van der Waals surface area contributed by atoms with E-state index < -0.39 is 18.1 Å². The number of hydrogen-bond donors (Lipinski definition) is 6. The number of carbonyl (C=O) groups excluding carboxylic acids is 2. The normalized spacial score (nSPS) is 19.8. The van der Waals surface area contributed by atoms with Crippen molar-refractivity contribution in [2.45, 2.75) is 110 Å². The van der Waals surface area contributed by atoms with E-state index in [1.54, 1.807) is 35.6 Å². The average molecular weight is 969 g/mol. The number of para-hydroxylation sites is 1. The number of carbonyl (C=O) groups is 2. The number of amides is 2. The molecule has 5 aromatic rings. The van der Waals surface area contributed by atoms with Gasteiger partial charge in [-0.1, -0.05) is 60.9 Å². The summed E-state index contributed by atoms with van der Waals surface area (Å²) < 4.78 is 7.93. The van der Waals surface area contributed by atoms with Crippen LogP contribution in [0.15, 0.2) is 58.6 Å². The molecule has 0 bridgehead atoms. The number of β-amino-alcohol motifs (C(OH)–C–C–N with tert-alkyl or cyclic N) is 1. The smallest absolute Gasteiger partial charge is 0.243 e. The van der Waals surface area contributed by atoms with Crippen LogP contribution in [0.4, 0.5) is 17.3 Å². The topological polar surface area (TPSA) is 217 Å². The lowest BCUT2D eigenvalue weighted by Crippen LogP contribution is -2.48. The third-order valence-corrected chi connectivity index (χ3v) is 15.0. The first kappa shape index (κ1) is 48.8. The van der Waals surface area contributed by atoms with Crippen LogP contribution >= 0.6 is 22.9 Å². The standard InChI is InChI=1S/C50H66ClN11O5S/c1-28(2)44(50(66)61-26-36(63)22-41(61)49(65)56-30(5)33-10-12-34(13-11-33)47-31(6)54-27-68-47)42-24-43(58-67-42)60-20-14-32(15-21-60)25-59-18-16-35(17-19-59)62-40(45(53)48(57-62)55-29(3)4)23-39(52)37-8-7-9-38(51)46(37)64/h7-13,23-24,27-30,32,35-36,41,44,63-64H,14-22,25-26,52-53H2,1-6H3,(H,55,57)(H,56,65)/b39-23-/t30-,36+,41-,44?/m0/s1. The van der Waals surface area contributed by atoms with Gasteiger partial charge in [0.15, 0.2) is 17.4 Å². The van der Waals surface area contributed by atoms with E-state index in [0.717, 1.165) is 80.1 Å². The zero-order valence-corrected chi connectivity index (χ0v) is 41.4. The van der Waals surface area contributed by atoms with Crippen molar-refractivity contribution in [2.75, 3.05) is 55.2 Å². The molecule has 0 spiro atoms. The highest BCUT2D eigenvalue weighted by molar-refractivity contribution is 7.13. The number of thiazole rings is 1. The molecular weight excluding hydrogens is 902 g/mol. The summed E-state index contributed by atoms with van der Waals surface area (Å²) in [6.07, 6.45) is 4.91. The Morgan fingerprint density at radius 1 is 1.03 bits per heavy atom. The van der Waals surface area contributed by atoms with Crippen molar-refractivity contribution in [1.29, 1.82) is 0 Å². The minimum absolute atomic E-state index is 0.0721. The zero-order chi connectivity index (χ0) is 48.4. The molecule has 8 rings (SSSR count). The number of nitrogens with two attached hydrogens (primary N) is 2. The average Bonchev–Trinajstić information content (AvgIpc) is 4.13. The second-order valence-electron chi connectivity index (χ2n) is 19.4. The number of phenolic OH excluding ortho intramolecular Hbond substituents is 1. The van der Waals surface area contributed by atoms with Crippen molar-refractivity contribution >= 4 is 63.8 Å². The number of halogens is 1. The largest absolute Gasteiger partial charge is 0.506 e. The van der Waals surface area contributed by atoms with Gasteiger partial charge in [0.2, 0.25) is 11.8 Å². The molecule has 3 aliphatic rings. The highest BCUT2D eigenvalue weighted by Gasteiger charge is 2.44. The molecule has 1 unspecified atom stereocenters. The maximum Gasteiger partial charge on any atom is 0.243 e. The van der Waals surface area contributed by atoms with Crippen LogP contribution < -0.4 is 27.0 Å². The molecule has 3 saturated heterocycles. The number of nitrogens with one attached hydrogen (secondary N) is 2. The lowest BCUT2D eigenvalue weighted by Gasteiger charge is -2.37. The van der Waals surface area contributed by atoms with Crippen LogP contribution in [0.1, 0.15) is 113 Å². The molecule has 8 N–H and O–H groups in total. The highest BCUT2D eigenvalue weighted by Crippen LogP contribution is 2.38. The third-order valence-electron chi connectivity index (χ3n) is 13.8. The molecule has 68 heavy (non-hydrogen) atoms. The Kier molecular flexibility index (Phi) is 15.0. The number of phenols is 1. The fourth-order valence-electron chi connectivity index (χ4n) is 9.98. The molecule has 3 aliphatic heterocycles. The molecule has 18 heteroatoms. The molecule has 0 radical (unpaired) electrons. The first-order valence-corrected chi connectivity index (χ1v) is 25.1. The third kappa shape index (κ3) is 10.7. The molecule has 6 heterocycles. The molecule has 4 atom stereocenters. The van der Waals surface area contributed by atoms with Crippen molar-refractivity contribution in [3.05, 3.63) is 87.3 Å². The van der Waals surface area contributed by atoms with E-state index >= 15 is 0 Å². The van der Waals surface area contributed by atoms with Gasteiger partial charge in [-0.05, 0) is 94.5 Å². The van der Waals surface area contributed by atoms with Gasteiger partial charge in [0.05, 0.1) is 45.0 Å². The summed E-state index contributed by atoms with van der Waals surface area (Å²) in [6.45, 7) is 16.5. The molecule has 364 valence electrons. The van der Waals surface area contributed by atoms with Gasteiger partial charge in [0.1, 0.15) is 23.4 Å². The fraction of sp³-hybridized carbons (Fsp3) is 0.500. The van der Waals surface area contributed by atoms with Gasteiger partial charge in [-0.15, -0.1) is 11.3 Å². The number of aryl methyl sites for hydroxylation is 1. The molecule has 3 aromatic heterocycles. The summed E-state index contributed by atoms with van der Waals surface area (Å²) in [7, 11) is 0. The Morgan fingerprint density at radius 2 is 1.75 bits per heavy atom. The van der Waals surface area contributed by atoms with Crippen LogP contribution in [-0.2, 0) is 9.59 Å². The number of piperidine rings is 2. The maximum atomic E-state index is 14.4. The first-order valence-electron chi connectivity index (χ1n) is 23.9. The van der Waals surface area contributed by atoms with Gasteiger partial charge in [-0.3, -0.25) is 14.3 Å². The van der Waals surface area contributed by atoms with Crippen LogP contribution in [0.25, 0.3) is 22.2 Å². The molecule has 16 nitrogen and oxygen atoms in total. The van der Waals surface area contributed by atoms with Crippen LogP contribution in [0.3, 0.4) is 0 Å². The van der Waals surface area contributed by atoms with E-state index in [2.05, 4.69) is 30.6 Å². The van der Waals surface area contributed by atoms with E-state index in [-0.39, 0.29) is 59.6 Å². The predicted octanol–water partition coefficient (Wildman–Crippen LogP) is 7.65. The SMILES string of the molecule is Cc1ncsc1-c1ccc([C@H](C)NC(=O)[C@@H]2C[C@@H](O)CN2C(=O)C(c2cc(N3CCC(CN4CCC(n5nc(NC(C)C)c(N)c5/C=C(\N)c5cccc(Cl)c5O)CC4)CC3)no2)C(C)C)cc1. The Labute approximate surface area is 407 Å². The van der Waals surface area contributed by atoms with E-state index in [0.29, 0.717) is 46.0 Å². The van der Waals surface area contributed by atoms with Crippen molar-refractivity contribution in [3.63, 3.8) is 0 Å². The summed E-state index contributed by atoms with van der Waals surface area (Å²) in [4.78, 5) is 40.0. The van der Waals surface area contributed by atoms with Crippen LogP contribution in [0.5, 0.6) is 5.75 Å². The minimum atomic E-state index is -0.813. The van der Waals surface area contributed by atoms with Gasteiger partial charge in [-0.25, -0.2) is 4.98 Å². The van der Waals surface area contributed by atoms with Crippen LogP contribution in [-0.4, -0.2) is 109 Å². The number of anilines is 3. The number of likely N-dealkylation sites (tertiary alicyclic amines) is 2. The first-order chi connectivity index (χ1) is 32.6. The molecular formula is C50H66ClN11O5S. The van der Waals surface area contributed by atoms with Crippen molar-refractivity contribution in [2.24, 2.45) is 17.6 Å². The lowest BCUT2D eigenvalue weighted by molar-refractivity contribution is -0.141. The second kappa shape index (κ2) is 20.9. The van der Waals surface area contributed by atoms with E-state index in [4.69, 9.17) is 32.7 Å². The summed E-state index contributed by atoms with van der Waals surface area (Å²) in [5.41, 5.74) is 20.0. The molecule has 2 amide bonds. The van der Waals surface area contributed by atoms with Gasteiger partial charge in [-0.2, -0.15) is 5.10 Å². The Hall–Kier alpha value is -5.62. The number of benzene rings is 2. The summed E-state index contributed by atoms with van der Waals surface area (Å²) in [6, 6.07) is 14.2. The minimum Gasteiger partial charge on any atom is -0.506 e. The van der Waals surface area contributed by atoms with E-state index in [9.17, 15) is 19.8 Å². The van der Waals surface area contributed by atoms with Crippen molar-refractivity contribution in [3.8, 4) is 16.2 Å². The molecule has 0 saturated carbocycles. The molecule has 0 aliphatic carbocycles. The van der Waals surface area contributed by atoms with E-state index in [1.165, 1.54) is 4.90 Å². The van der Waals surface area contributed by atoms with Crippen molar-refractivity contribution < 1.29 is 24.3 Å². The number of nitrogens with zero attached hydrogens (tertiary/aromatic N) is 7. The number of nitrogen functional groups attached to an aromatic ring is 1. The predicted molar refractivity (Wildman–Crippen MR) is 269 cm³/mol. The Morgan fingerprint density at radius 3 is 2.41 bits per heavy atom. The van der Waals surface area contributed by atoms with Crippen molar-refractivity contribution in [1.82, 2.24) is 35.0 Å². The Bertz CT molecular complexity index is 2570. The van der Waals surface area contributed by atoms with Crippen LogP contribution in [0, 0.1) is 18.8 Å². The van der Waals surface area contributed by atoms with Gasteiger partial charge < -0.3 is 51.5 Å². The van der Waals surface area contributed by atoms with E-state index in [1.807, 2.05) is 82.1 Å². The van der Waals surface area contributed by atoms with Crippen LogP contribution in [0.2, 0.25) is 5.02 Å². The quantitative estimate of drug-likeness (QED) is 0.0595. The number of aromatic hydroxyl groups is 1. The maximum absolute atomic E-state index is 14.4. The second-order valence-corrected chi connectivity index (χ2v) is 20.7. The zero-order valence-electron chi connectivity index (χ0n) is 39.9. The highest BCUT2D eigenvalue weighted by atomic mass is 35.5. The number of aromatic nitrogens is 4. The summed E-state index contributed by atoms with van der Waals surface area (Å²) in [5.74, 6) is 0.860. The van der Waals surface area contributed by atoms with Gasteiger partial charge in [0, 0.05) is 69.1 Å². The number of aliphatic hydroxyl groups is 1. The summed E-state index contributed by atoms with van der Waals surface area (Å²) >= 11 is 7.79. The monoisotopic (exact) mass is 967 g/mol. The van der Waals surface area contributed by atoms with Gasteiger partial charge in [0.25, 0.3) is 0 Å². The number of hydrogen-bond acceptors (Lipinski definition) is 14. The lowest BCUT2D eigenvalue weighted by atomic mass is 9.91. The number of rotatable bonds is 15. The fourth-order valence-corrected chi connectivity index (χ4v) is 11.0. The summed E-state index contributed by atoms with van der Waals surface area (Å²) in [5, 5.41) is 37.5. The van der Waals surface area contributed by atoms with Gasteiger partial charge >= 0.3 is 0 Å². The molecule has 2 aromatic carbocycles. The molecule has 3 fully saturated rings. The number of aliphatic hydroxyl groups excluding tert-OH is 1.